The van der Waals surface area contributed by atoms with Crippen molar-refractivity contribution in [3.05, 3.63) is 0 Å². The largest absolute Gasteiger partial charge is 0.481 e. The maximum atomic E-state index is 11.4. The second kappa shape index (κ2) is 5.46. The van der Waals surface area contributed by atoms with Gasteiger partial charge >= 0.3 is 5.97 Å². The summed E-state index contributed by atoms with van der Waals surface area (Å²) in [5.74, 6) is -0.0832. The molecule has 82 valence electrons. The fraction of sp³-hybridized carbons (Fsp3) is 0.889. The summed E-state index contributed by atoms with van der Waals surface area (Å²) in [6, 6.07) is 0. The molecule has 1 rings (SSSR count). The lowest BCUT2D eigenvalue weighted by Crippen LogP contribution is -2.19. The quantitative estimate of drug-likeness (QED) is 0.694. The molecule has 0 aromatic rings. The summed E-state index contributed by atoms with van der Waals surface area (Å²) in [5, 5.41) is 8.15. The molecule has 1 aliphatic carbocycles. The van der Waals surface area contributed by atoms with Crippen molar-refractivity contribution in [1.29, 1.82) is 0 Å². The summed E-state index contributed by atoms with van der Waals surface area (Å²) < 4.78 is 16.6. The zero-order valence-electron chi connectivity index (χ0n) is 8.27. The van der Waals surface area contributed by atoms with E-state index in [4.69, 9.17) is 9.84 Å². The molecule has 1 fully saturated rings. The highest BCUT2D eigenvalue weighted by molar-refractivity contribution is 7.85. The molecule has 0 aromatic heterocycles. The van der Waals surface area contributed by atoms with Crippen LogP contribution < -0.4 is 0 Å². The van der Waals surface area contributed by atoms with Crippen molar-refractivity contribution >= 4 is 16.8 Å². The molecule has 0 radical (unpaired) electrons. The molecule has 2 unspecified atom stereocenters. The summed E-state index contributed by atoms with van der Waals surface area (Å²) in [7, 11) is -1.18. The van der Waals surface area contributed by atoms with E-state index in [0.29, 0.717) is 12.5 Å². The van der Waals surface area contributed by atoms with Gasteiger partial charge in [-0.3, -0.25) is 9.00 Å². The number of rotatable bonds is 7. The molecular weight excluding hydrogens is 204 g/mol. The molecule has 0 spiro atoms. The number of hydrogen-bond donors (Lipinski definition) is 1. The van der Waals surface area contributed by atoms with Crippen LogP contribution in [0, 0.1) is 5.92 Å². The topological polar surface area (TPSA) is 63.6 Å². The highest BCUT2D eigenvalue weighted by atomic mass is 32.2. The van der Waals surface area contributed by atoms with Crippen LogP contribution in [-0.4, -0.2) is 33.1 Å². The third-order valence-corrected chi connectivity index (χ3v) is 3.62. The van der Waals surface area contributed by atoms with Crippen molar-refractivity contribution < 1.29 is 18.8 Å². The molecule has 14 heavy (non-hydrogen) atoms. The molecule has 0 saturated heterocycles. The van der Waals surface area contributed by atoms with Gasteiger partial charge in [-0.05, 0) is 18.8 Å². The SMILES string of the molecule is CC(CC(=O)O)S(=O)COCC1CC1. The lowest BCUT2D eigenvalue weighted by molar-refractivity contribution is -0.136. The highest BCUT2D eigenvalue weighted by Gasteiger charge is 2.22. The minimum absolute atomic E-state index is 0.0562. The maximum absolute atomic E-state index is 11.4. The molecule has 0 aromatic carbocycles. The van der Waals surface area contributed by atoms with Crippen LogP contribution >= 0.6 is 0 Å². The number of carbonyl (C=O) groups is 1. The van der Waals surface area contributed by atoms with Gasteiger partial charge in [0.25, 0.3) is 0 Å². The van der Waals surface area contributed by atoms with Crippen LogP contribution in [0.15, 0.2) is 0 Å². The van der Waals surface area contributed by atoms with Gasteiger partial charge < -0.3 is 9.84 Å². The van der Waals surface area contributed by atoms with E-state index in [9.17, 15) is 9.00 Å². The van der Waals surface area contributed by atoms with E-state index in [0.717, 1.165) is 0 Å². The first-order valence-electron chi connectivity index (χ1n) is 4.76. The van der Waals surface area contributed by atoms with Crippen LogP contribution in [-0.2, 0) is 20.3 Å². The smallest absolute Gasteiger partial charge is 0.304 e. The van der Waals surface area contributed by atoms with E-state index in [2.05, 4.69) is 0 Å². The van der Waals surface area contributed by atoms with E-state index in [1.54, 1.807) is 6.92 Å². The first-order chi connectivity index (χ1) is 6.59. The molecule has 0 bridgehead atoms. The van der Waals surface area contributed by atoms with Crippen LogP contribution in [0.4, 0.5) is 0 Å². The number of hydrogen-bond acceptors (Lipinski definition) is 3. The van der Waals surface area contributed by atoms with Crippen LogP contribution in [0.3, 0.4) is 0 Å². The van der Waals surface area contributed by atoms with Gasteiger partial charge in [-0.2, -0.15) is 0 Å². The summed E-state index contributed by atoms with van der Waals surface area (Å²) in [6.07, 6.45) is 2.36. The molecule has 2 atom stereocenters. The molecular formula is C9H16O4S. The highest BCUT2D eigenvalue weighted by Crippen LogP contribution is 2.28. The average Bonchev–Trinajstić information content (AvgIpc) is 2.86. The van der Waals surface area contributed by atoms with E-state index >= 15 is 0 Å². The first-order valence-corrected chi connectivity index (χ1v) is 6.14. The Hall–Kier alpha value is -0.420. The Morgan fingerprint density at radius 3 is 2.79 bits per heavy atom. The number of carboxylic acid groups (broad SMARTS) is 1. The zero-order valence-corrected chi connectivity index (χ0v) is 9.09. The standard InChI is InChI=1S/C9H16O4S/c1-7(4-9(10)11)14(12)6-13-5-8-2-3-8/h7-8H,2-6H2,1H3,(H,10,11). The van der Waals surface area contributed by atoms with E-state index in [1.165, 1.54) is 12.8 Å². The van der Waals surface area contributed by atoms with Gasteiger partial charge in [-0.1, -0.05) is 6.92 Å². The third kappa shape index (κ3) is 4.72. The Balaban J connectivity index is 2.08. The normalized spacial score (nSPS) is 20.4. The summed E-state index contributed by atoms with van der Waals surface area (Å²) in [6.45, 7) is 2.34. The van der Waals surface area contributed by atoms with Gasteiger partial charge in [0, 0.05) is 5.25 Å². The van der Waals surface area contributed by atoms with Crippen molar-refractivity contribution in [1.82, 2.24) is 0 Å². The predicted octanol–water partition coefficient (Wildman–Crippen LogP) is 0.982. The van der Waals surface area contributed by atoms with E-state index < -0.39 is 16.8 Å². The minimum Gasteiger partial charge on any atom is -0.481 e. The molecule has 5 heteroatoms. The van der Waals surface area contributed by atoms with Crippen LogP contribution in [0.1, 0.15) is 26.2 Å². The molecule has 1 saturated carbocycles. The van der Waals surface area contributed by atoms with Gasteiger partial charge in [0.2, 0.25) is 0 Å². The third-order valence-electron chi connectivity index (χ3n) is 2.16. The molecule has 0 heterocycles. The lowest BCUT2D eigenvalue weighted by atomic mass is 10.3. The maximum Gasteiger partial charge on any atom is 0.304 e. The Morgan fingerprint density at radius 1 is 1.64 bits per heavy atom. The number of carboxylic acids is 1. The monoisotopic (exact) mass is 220 g/mol. The molecule has 0 aliphatic heterocycles. The Kier molecular flexibility index (Phi) is 4.54. The van der Waals surface area contributed by atoms with Gasteiger partial charge in [-0.15, -0.1) is 0 Å². The van der Waals surface area contributed by atoms with Crippen molar-refractivity contribution in [2.45, 2.75) is 31.4 Å². The van der Waals surface area contributed by atoms with Crippen LogP contribution in [0.5, 0.6) is 0 Å². The molecule has 1 aliphatic rings. The average molecular weight is 220 g/mol. The van der Waals surface area contributed by atoms with Gasteiger partial charge in [-0.25, -0.2) is 0 Å². The van der Waals surface area contributed by atoms with Crippen LogP contribution in [0.2, 0.25) is 0 Å². The van der Waals surface area contributed by atoms with Crippen molar-refractivity contribution in [3.63, 3.8) is 0 Å². The Labute approximate surface area is 86.1 Å². The fourth-order valence-electron chi connectivity index (χ4n) is 1.04. The van der Waals surface area contributed by atoms with Gasteiger partial charge in [0.1, 0.15) is 5.94 Å². The van der Waals surface area contributed by atoms with Gasteiger partial charge in [0.05, 0.1) is 23.8 Å². The molecule has 4 nitrogen and oxygen atoms in total. The number of aliphatic carboxylic acids is 1. The second-order valence-electron chi connectivity index (χ2n) is 3.72. The summed E-state index contributed by atoms with van der Waals surface area (Å²) in [4.78, 5) is 10.3. The van der Waals surface area contributed by atoms with Crippen molar-refractivity contribution in [2.24, 2.45) is 5.92 Å². The van der Waals surface area contributed by atoms with E-state index in [-0.39, 0.29) is 17.6 Å². The van der Waals surface area contributed by atoms with Crippen molar-refractivity contribution in [2.75, 3.05) is 12.5 Å². The minimum atomic E-state index is -1.18. The molecule has 1 N–H and O–H groups in total. The Bertz CT molecular complexity index is 225. The van der Waals surface area contributed by atoms with Gasteiger partial charge in [0.15, 0.2) is 0 Å². The number of ether oxygens (including phenoxy) is 1. The Morgan fingerprint density at radius 2 is 2.29 bits per heavy atom. The predicted molar refractivity (Wildman–Crippen MR) is 53.4 cm³/mol. The lowest BCUT2D eigenvalue weighted by Gasteiger charge is -2.08. The van der Waals surface area contributed by atoms with Crippen LogP contribution in [0.25, 0.3) is 0 Å². The zero-order chi connectivity index (χ0) is 10.6. The first kappa shape index (κ1) is 11.7. The molecule has 0 amide bonds. The second-order valence-corrected chi connectivity index (χ2v) is 5.52. The summed E-state index contributed by atoms with van der Waals surface area (Å²) in [5.41, 5.74) is 0. The van der Waals surface area contributed by atoms with Crippen molar-refractivity contribution in [3.8, 4) is 0 Å². The fourth-order valence-corrected chi connectivity index (χ4v) is 1.86. The van der Waals surface area contributed by atoms with E-state index in [1.807, 2.05) is 0 Å². The summed E-state index contributed by atoms with van der Waals surface area (Å²) >= 11 is 0.